The van der Waals surface area contributed by atoms with Crippen LogP contribution in [0, 0.1) is 0 Å². The summed E-state index contributed by atoms with van der Waals surface area (Å²) >= 11 is 0. The SMILES string of the molecule is CCCCn1nnnc1CN1C(=O)N[C@@](C)(c2ccc(C(C)C)cc2)C1=O. The number of imide groups is 1. The van der Waals surface area contributed by atoms with Gasteiger partial charge in [-0.05, 0) is 40.8 Å². The van der Waals surface area contributed by atoms with Crippen LogP contribution in [0.25, 0.3) is 0 Å². The van der Waals surface area contributed by atoms with E-state index in [9.17, 15) is 9.59 Å². The molecule has 1 N–H and O–H groups in total. The topological polar surface area (TPSA) is 93.0 Å². The number of benzene rings is 1. The number of hydrogen-bond donors (Lipinski definition) is 1. The summed E-state index contributed by atoms with van der Waals surface area (Å²) in [5, 5.41) is 14.4. The molecule has 144 valence electrons. The predicted octanol–water partition coefficient (Wildman–Crippen LogP) is 2.56. The average molecular weight is 370 g/mol. The number of aryl methyl sites for hydroxylation is 1. The van der Waals surface area contributed by atoms with Crippen LogP contribution >= 0.6 is 0 Å². The number of nitrogens with one attached hydrogen (secondary N) is 1. The van der Waals surface area contributed by atoms with Crippen LogP contribution in [0.15, 0.2) is 24.3 Å². The van der Waals surface area contributed by atoms with E-state index in [-0.39, 0.29) is 12.5 Å². The maximum absolute atomic E-state index is 13.1. The molecular weight excluding hydrogens is 344 g/mol. The molecular formula is C19H26N6O2. The molecule has 1 fully saturated rings. The Morgan fingerprint density at radius 3 is 2.52 bits per heavy atom. The highest BCUT2D eigenvalue weighted by Crippen LogP contribution is 2.30. The maximum atomic E-state index is 13.1. The largest absolute Gasteiger partial charge is 0.325 e. The van der Waals surface area contributed by atoms with E-state index in [1.807, 2.05) is 24.3 Å². The Balaban J connectivity index is 1.81. The van der Waals surface area contributed by atoms with Gasteiger partial charge in [-0.1, -0.05) is 51.5 Å². The number of aromatic nitrogens is 4. The second-order valence-electron chi connectivity index (χ2n) is 7.39. The number of carbonyl (C=O) groups is 2. The molecule has 3 rings (SSSR count). The molecule has 2 heterocycles. The Hall–Kier alpha value is -2.77. The monoisotopic (exact) mass is 370 g/mol. The van der Waals surface area contributed by atoms with Crippen molar-refractivity contribution in [3.8, 4) is 0 Å². The third-order valence-electron chi connectivity index (χ3n) is 5.06. The summed E-state index contributed by atoms with van der Waals surface area (Å²) in [5.74, 6) is 0.611. The van der Waals surface area contributed by atoms with E-state index in [0.717, 1.165) is 18.4 Å². The van der Waals surface area contributed by atoms with Crippen LogP contribution in [-0.2, 0) is 23.4 Å². The minimum atomic E-state index is -1.09. The van der Waals surface area contributed by atoms with E-state index in [1.54, 1.807) is 11.6 Å². The number of rotatable bonds is 7. The second-order valence-corrected chi connectivity index (χ2v) is 7.39. The molecule has 0 unspecified atom stereocenters. The summed E-state index contributed by atoms with van der Waals surface area (Å²) in [4.78, 5) is 26.8. The molecule has 2 aromatic rings. The lowest BCUT2D eigenvalue weighted by molar-refractivity contribution is -0.131. The van der Waals surface area contributed by atoms with E-state index in [4.69, 9.17) is 0 Å². The van der Waals surface area contributed by atoms with Gasteiger partial charge in [0.15, 0.2) is 5.82 Å². The van der Waals surface area contributed by atoms with Crippen molar-refractivity contribution >= 4 is 11.9 Å². The third kappa shape index (κ3) is 3.56. The van der Waals surface area contributed by atoms with Crippen molar-refractivity contribution in [1.82, 2.24) is 30.4 Å². The molecule has 0 aliphatic carbocycles. The van der Waals surface area contributed by atoms with Gasteiger partial charge < -0.3 is 5.32 Å². The first kappa shape index (κ1) is 19.0. The average Bonchev–Trinajstić information content (AvgIpc) is 3.18. The number of tetrazole rings is 1. The Morgan fingerprint density at radius 2 is 1.89 bits per heavy atom. The van der Waals surface area contributed by atoms with E-state index < -0.39 is 11.6 Å². The number of amides is 3. The van der Waals surface area contributed by atoms with Gasteiger partial charge in [0.05, 0.1) is 6.54 Å². The zero-order chi connectivity index (χ0) is 19.6. The fraction of sp³-hybridized carbons (Fsp3) is 0.526. The summed E-state index contributed by atoms with van der Waals surface area (Å²) in [7, 11) is 0. The van der Waals surface area contributed by atoms with Gasteiger partial charge in [0.25, 0.3) is 5.91 Å². The molecule has 0 bridgehead atoms. The van der Waals surface area contributed by atoms with Crippen molar-refractivity contribution in [2.45, 2.75) is 65.1 Å². The van der Waals surface area contributed by atoms with Gasteiger partial charge in [0.1, 0.15) is 5.54 Å². The van der Waals surface area contributed by atoms with Crippen molar-refractivity contribution in [3.05, 3.63) is 41.2 Å². The highest BCUT2D eigenvalue weighted by molar-refractivity contribution is 6.07. The van der Waals surface area contributed by atoms with E-state index in [1.165, 1.54) is 10.5 Å². The lowest BCUT2D eigenvalue weighted by atomic mass is 9.90. The predicted molar refractivity (Wildman–Crippen MR) is 99.7 cm³/mol. The maximum Gasteiger partial charge on any atom is 0.325 e. The Bertz CT molecular complexity index is 829. The van der Waals surface area contributed by atoms with Crippen molar-refractivity contribution in [2.75, 3.05) is 0 Å². The minimum absolute atomic E-state index is 0.0566. The van der Waals surface area contributed by atoms with Gasteiger partial charge in [-0.25, -0.2) is 9.48 Å². The number of hydrogen-bond acceptors (Lipinski definition) is 5. The molecule has 0 radical (unpaired) electrons. The van der Waals surface area contributed by atoms with Gasteiger partial charge >= 0.3 is 6.03 Å². The molecule has 1 aliphatic rings. The number of nitrogens with zero attached hydrogens (tertiary/aromatic N) is 5. The van der Waals surface area contributed by atoms with Crippen LogP contribution in [0.5, 0.6) is 0 Å². The molecule has 1 aliphatic heterocycles. The van der Waals surface area contributed by atoms with Crippen molar-refractivity contribution in [1.29, 1.82) is 0 Å². The summed E-state index contributed by atoms with van der Waals surface area (Å²) in [6.45, 7) is 8.76. The molecule has 0 saturated carbocycles. The van der Waals surface area contributed by atoms with Crippen molar-refractivity contribution < 1.29 is 9.59 Å². The van der Waals surface area contributed by atoms with Gasteiger partial charge in [0, 0.05) is 6.54 Å². The zero-order valence-corrected chi connectivity index (χ0v) is 16.3. The van der Waals surface area contributed by atoms with Crippen molar-refractivity contribution in [3.63, 3.8) is 0 Å². The first-order valence-corrected chi connectivity index (χ1v) is 9.36. The summed E-state index contributed by atoms with van der Waals surface area (Å²) in [6.07, 6.45) is 1.94. The lowest BCUT2D eigenvalue weighted by Crippen LogP contribution is -2.40. The fourth-order valence-electron chi connectivity index (χ4n) is 3.20. The minimum Gasteiger partial charge on any atom is -0.319 e. The molecule has 1 aromatic carbocycles. The number of urea groups is 1. The Kier molecular flexibility index (Phi) is 5.25. The summed E-state index contributed by atoms with van der Waals surface area (Å²) < 4.78 is 1.65. The number of carbonyl (C=O) groups excluding carboxylic acids is 2. The molecule has 3 amide bonds. The van der Waals surface area contributed by atoms with Crippen molar-refractivity contribution in [2.24, 2.45) is 0 Å². The second kappa shape index (κ2) is 7.46. The van der Waals surface area contributed by atoms with Crippen LogP contribution in [0.4, 0.5) is 4.79 Å². The van der Waals surface area contributed by atoms with E-state index in [2.05, 4.69) is 41.6 Å². The van der Waals surface area contributed by atoms with Gasteiger partial charge in [-0.3, -0.25) is 9.69 Å². The molecule has 0 spiro atoms. The van der Waals surface area contributed by atoms with Crippen LogP contribution in [0.1, 0.15) is 63.4 Å². The van der Waals surface area contributed by atoms with E-state index in [0.29, 0.717) is 18.3 Å². The van der Waals surface area contributed by atoms with E-state index >= 15 is 0 Å². The van der Waals surface area contributed by atoms with Gasteiger partial charge in [-0.15, -0.1) is 5.10 Å². The summed E-state index contributed by atoms with van der Waals surface area (Å²) in [6, 6.07) is 7.38. The molecule has 8 nitrogen and oxygen atoms in total. The smallest absolute Gasteiger partial charge is 0.319 e. The highest BCUT2D eigenvalue weighted by atomic mass is 16.2. The standard InChI is InChI=1S/C19H26N6O2/c1-5-6-11-25-16(21-22-23-25)12-24-17(26)19(4,20-18(24)27)15-9-7-14(8-10-15)13(2)3/h7-10,13H,5-6,11-12H2,1-4H3,(H,20,27)/t19-/m0/s1. The van der Waals surface area contributed by atoms with Crippen LogP contribution in [0.2, 0.25) is 0 Å². The quantitative estimate of drug-likeness (QED) is 0.756. The lowest BCUT2D eigenvalue weighted by Gasteiger charge is -2.22. The third-order valence-corrected chi connectivity index (χ3v) is 5.06. The molecule has 1 aromatic heterocycles. The fourth-order valence-corrected chi connectivity index (χ4v) is 3.20. The zero-order valence-electron chi connectivity index (χ0n) is 16.3. The normalized spacial score (nSPS) is 19.8. The first-order valence-electron chi connectivity index (χ1n) is 9.36. The van der Waals surface area contributed by atoms with Gasteiger partial charge in [0.2, 0.25) is 0 Å². The van der Waals surface area contributed by atoms with Crippen LogP contribution < -0.4 is 5.32 Å². The first-order chi connectivity index (χ1) is 12.9. The van der Waals surface area contributed by atoms with Crippen LogP contribution in [0.3, 0.4) is 0 Å². The highest BCUT2D eigenvalue weighted by Gasteiger charge is 2.49. The Morgan fingerprint density at radius 1 is 1.19 bits per heavy atom. The summed E-state index contributed by atoms with van der Waals surface area (Å²) in [5.41, 5.74) is 0.860. The van der Waals surface area contributed by atoms with Crippen LogP contribution in [-0.4, -0.2) is 37.0 Å². The molecule has 27 heavy (non-hydrogen) atoms. The van der Waals surface area contributed by atoms with Gasteiger partial charge in [-0.2, -0.15) is 0 Å². The molecule has 8 heteroatoms. The number of unbranched alkanes of at least 4 members (excludes halogenated alkanes) is 1. The molecule has 1 atom stereocenters. The molecule has 1 saturated heterocycles. The Labute approximate surface area is 158 Å².